The molecule has 0 spiro atoms. The van der Waals surface area contributed by atoms with Crippen molar-refractivity contribution in [3.05, 3.63) is 278 Å². The molecule has 15 aromatic rings. The SMILES string of the molecule is CN(/N=C/c1cc(C(C)(C)C)cc(/C=N/N(C)c2nc3ccccc3[nH]2)c1[O-])c1nc2ccccc2[nH]1.CN(/N=C/c1cc(C(C)(C)C)cc(/C=N/N(C)c2nc3ccccc3[nH]2)c1[O-])c1nc2ccccc2[nH]1.CN(/N=C/c1cc(C(C)(C)C)cc(/C=N/N(C)c2nc3ccccc3[nH]2)c1[O-])c1nc2ccccc2[nH]1.O=[N+]([O-])[O-].O=[N+]([O-])[O-].O=[N+]([O-])[O-].[Dy+3].[Dy+3]. The van der Waals surface area contributed by atoms with Gasteiger partial charge in [-0.15, -0.1) is 0 Å². The van der Waals surface area contributed by atoms with Gasteiger partial charge in [0.1, 0.15) is 0 Å². The van der Waals surface area contributed by atoms with Crippen molar-refractivity contribution in [2.75, 3.05) is 72.3 Å². The minimum absolute atomic E-state index is 0. The van der Waals surface area contributed by atoms with Crippen LogP contribution in [0.4, 0.5) is 35.7 Å². The molecule has 6 N–H and O–H groups in total. The van der Waals surface area contributed by atoms with Crippen molar-refractivity contribution < 1.29 is 107 Å². The van der Waals surface area contributed by atoms with Gasteiger partial charge in [-0.2, -0.15) is 30.6 Å². The average Bonchev–Trinajstić information content (AvgIpc) is 1.82. The van der Waals surface area contributed by atoms with E-state index in [1.54, 1.807) is 110 Å². The van der Waals surface area contributed by atoms with Crippen molar-refractivity contribution >= 4 is 139 Å². The van der Waals surface area contributed by atoms with E-state index in [0.717, 1.165) is 82.9 Å². The first-order valence-corrected chi connectivity index (χ1v) is 37.6. The Morgan fingerprint density at radius 3 is 0.520 bits per heavy atom. The van der Waals surface area contributed by atoms with Gasteiger partial charge in [0.2, 0.25) is 35.7 Å². The van der Waals surface area contributed by atoms with Gasteiger partial charge in [-0.25, -0.2) is 60.0 Å². The van der Waals surface area contributed by atoms with Gasteiger partial charge >= 0.3 is 76.3 Å². The van der Waals surface area contributed by atoms with Gasteiger partial charge in [-0.1, -0.05) is 189 Å². The fourth-order valence-electron chi connectivity index (χ4n) is 11.7. The molecular weight excluding hydrogens is 1900 g/mol. The standard InChI is InChI=1S/3C28H30N8O.2Dy.3NO3/c3*1-28(2,3)20-14-18(16-29-35(4)26-31-21-10-6-7-11-22(21)32-26)25(37)19(15-20)17-30-36(5)27-33-23-12-8-9-13-24(23)34-27;;;3*2-1(3)4/h3*6-17,37H,1-5H3,(H,31,32)(H,33,34);;;;;/q;;;2*+3;3*-1/p-3/b3*29-16+,30-17+;;;;;. The smallest absolute Gasteiger partial charge is 0.872 e. The van der Waals surface area contributed by atoms with Crippen LogP contribution < -0.4 is 45.4 Å². The second-order valence-electron chi connectivity index (χ2n) is 30.4. The third-order valence-electron chi connectivity index (χ3n) is 18.4. The maximum absolute atomic E-state index is 13.4. The van der Waals surface area contributed by atoms with Gasteiger partial charge in [0.25, 0.3) is 0 Å². The van der Waals surface area contributed by atoms with E-state index in [0.29, 0.717) is 69.1 Å². The summed E-state index contributed by atoms with van der Waals surface area (Å²) in [7, 11) is 10.7. The van der Waals surface area contributed by atoms with E-state index in [4.69, 9.17) is 46.0 Å². The van der Waals surface area contributed by atoms with Crippen LogP contribution in [0.15, 0.2) is 213 Å². The van der Waals surface area contributed by atoms with Crippen molar-refractivity contribution in [3.8, 4) is 17.2 Å². The fraction of sp³-hybridized carbons (Fsp3) is 0.214. The number of hydrogen-bond acceptors (Lipinski definition) is 30. The molecule has 2 radical (unpaired) electrons. The molecule has 650 valence electrons. The zero-order valence-corrected chi connectivity index (χ0v) is 74.3. The minimum atomic E-state index is -1.75. The van der Waals surface area contributed by atoms with Gasteiger partial charge in [-0.3, -0.25) is 0 Å². The number of aromatic amines is 6. The summed E-state index contributed by atoms with van der Waals surface area (Å²) in [4.78, 5) is 71.5. The number of hydrazone groups is 6. The summed E-state index contributed by atoms with van der Waals surface area (Å²) in [5.74, 6) is 3.07. The predicted octanol–water partition coefficient (Wildman–Crippen LogP) is 13.5. The molecule has 15 rings (SSSR count). The van der Waals surface area contributed by atoms with Crippen molar-refractivity contribution in [3.63, 3.8) is 0 Å². The van der Waals surface area contributed by atoms with Gasteiger partial charge in [0, 0.05) is 42.3 Å². The number of aromatic nitrogens is 12. The van der Waals surface area contributed by atoms with Crippen LogP contribution in [0.1, 0.15) is 112 Å². The summed E-state index contributed by atoms with van der Waals surface area (Å²) < 4.78 is 0. The van der Waals surface area contributed by atoms with Crippen LogP contribution in [0.25, 0.3) is 66.2 Å². The zero-order chi connectivity index (χ0) is 89.2. The van der Waals surface area contributed by atoms with Crippen LogP contribution in [0.3, 0.4) is 0 Å². The Balaban J connectivity index is 0.000000216. The Morgan fingerprint density at radius 1 is 0.272 bits per heavy atom. The zero-order valence-electron chi connectivity index (χ0n) is 70.2. The Kier molecular flexibility index (Phi) is 33.1. The minimum Gasteiger partial charge on any atom is -0.872 e. The first-order valence-electron chi connectivity index (χ1n) is 37.6. The van der Waals surface area contributed by atoms with Crippen LogP contribution in [0, 0.1) is 122 Å². The van der Waals surface area contributed by atoms with E-state index < -0.39 is 15.3 Å². The summed E-state index contributed by atoms with van der Waals surface area (Å²) >= 11 is 0. The molecule has 9 aromatic carbocycles. The molecule has 125 heavy (non-hydrogen) atoms. The number of para-hydroxylation sites is 12. The monoisotopic (exact) mass is 1990 g/mol. The average molecular weight is 1990 g/mol. The molecule has 0 fully saturated rings. The largest absolute Gasteiger partial charge is 3.00 e. The molecular formula is C84H87Dy2N27O12. The summed E-state index contributed by atoms with van der Waals surface area (Å²) in [6, 6.07) is 58.0. The predicted molar refractivity (Wildman–Crippen MR) is 477 cm³/mol. The Labute approximate surface area is 776 Å². The molecule has 41 heteroatoms. The molecule has 0 unspecified atom stereocenters. The number of H-pyrrole nitrogens is 6. The number of hydrogen-bond donors (Lipinski definition) is 6. The molecule has 0 bridgehead atoms. The summed E-state index contributed by atoms with van der Waals surface area (Å²) in [6.07, 6.45) is 9.45. The summed E-state index contributed by atoms with van der Waals surface area (Å²) in [5.41, 5.74) is 16.0. The van der Waals surface area contributed by atoms with Gasteiger partial charge in [0.15, 0.2) is 0 Å². The third kappa shape index (κ3) is 26.6. The quantitative estimate of drug-likeness (QED) is 0.0264. The molecule has 39 nitrogen and oxygen atoms in total. The van der Waals surface area contributed by atoms with Gasteiger partial charge < -0.3 is 91.2 Å². The first-order chi connectivity index (χ1) is 58.3. The molecule has 6 heterocycles. The number of imidazole rings is 6. The molecule has 0 aliphatic heterocycles. The van der Waals surface area contributed by atoms with Crippen molar-refractivity contribution in [2.24, 2.45) is 30.6 Å². The van der Waals surface area contributed by atoms with Crippen LogP contribution in [-0.2, 0) is 16.2 Å². The maximum Gasteiger partial charge on any atom is 3.00 e. The van der Waals surface area contributed by atoms with E-state index in [2.05, 4.69) is 153 Å². The number of rotatable bonds is 18. The van der Waals surface area contributed by atoms with Crippen LogP contribution in [0.5, 0.6) is 17.2 Å². The number of nitrogens with one attached hydrogen (secondary N) is 6. The topological polar surface area (TPSA) is 533 Å². The Hall–Kier alpha value is -13.8. The number of nitrogens with zero attached hydrogens (tertiary/aromatic N) is 21. The Morgan fingerprint density at radius 2 is 0.400 bits per heavy atom. The van der Waals surface area contributed by atoms with E-state index >= 15 is 0 Å². The molecule has 0 aliphatic carbocycles. The summed E-state index contributed by atoms with van der Waals surface area (Å²) in [5, 5.41) is 121. The molecule has 0 atom stereocenters. The normalized spacial score (nSPS) is 11.5. The number of benzene rings is 9. The summed E-state index contributed by atoms with van der Waals surface area (Å²) in [6.45, 7) is 19.0. The maximum atomic E-state index is 13.4. The molecule has 6 aromatic heterocycles. The van der Waals surface area contributed by atoms with Crippen LogP contribution in [0.2, 0.25) is 0 Å². The molecule has 0 saturated carbocycles. The first kappa shape index (κ1) is 96.6. The van der Waals surface area contributed by atoms with Crippen LogP contribution in [-0.4, -0.2) is 155 Å². The third-order valence-corrected chi connectivity index (χ3v) is 18.4. The van der Waals surface area contributed by atoms with E-state index in [-0.39, 0.29) is 110 Å². The number of anilines is 6. The van der Waals surface area contributed by atoms with E-state index in [9.17, 15) is 15.3 Å². The molecule has 0 aliphatic rings. The van der Waals surface area contributed by atoms with Crippen molar-refractivity contribution in [2.45, 2.75) is 78.6 Å². The second kappa shape index (κ2) is 42.8. The van der Waals surface area contributed by atoms with Crippen molar-refractivity contribution in [1.82, 2.24) is 59.8 Å². The molecule has 0 saturated heterocycles. The molecule has 0 amide bonds. The van der Waals surface area contributed by atoms with E-state index in [1.807, 2.05) is 182 Å². The van der Waals surface area contributed by atoms with Gasteiger partial charge in [0.05, 0.1) is 119 Å². The van der Waals surface area contributed by atoms with Crippen molar-refractivity contribution in [1.29, 1.82) is 0 Å². The number of fused-ring (bicyclic) bond motifs is 6. The fourth-order valence-corrected chi connectivity index (χ4v) is 11.7. The van der Waals surface area contributed by atoms with Crippen LogP contribution >= 0.6 is 0 Å². The van der Waals surface area contributed by atoms with Gasteiger partial charge in [-0.05, 0) is 139 Å². The van der Waals surface area contributed by atoms with E-state index in [1.165, 1.54) is 0 Å². The Bertz CT molecular complexity index is 5280. The second-order valence-corrected chi connectivity index (χ2v) is 30.4.